The molecule has 19 nitrogen and oxygen atoms in total. The number of alkyl carbamates (subject to hydrolysis) is 1. The summed E-state index contributed by atoms with van der Waals surface area (Å²) in [7, 11) is 2.91. The number of nitrogens with zero attached hydrogens (tertiary/aromatic N) is 3. The molecule has 2 aromatic rings. The Bertz CT molecular complexity index is 1860. The lowest BCUT2D eigenvalue weighted by atomic mass is 9.97. The number of H-pyrrole nitrogens is 1. The van der Waals surface area contributed by atoms with Crippen molar-refractivity contribution in [1.82, 2.24) is 24.7 Å². The van der Waals surface area contributed by atoms with E-state index in [-0.39, 0.29) is 18.8 Å². The van der Waals surface area contributed by atoms with E-state index < -0.39 is 96.0 Å². The minimum Gasteiger partial charge on any atom is -0.444 e. The average molecular weight is 789 g/mol. The van der Waals surface area contributed by atoms with Crippen molar-refractivity contribution in [3.05, 3.63) is 74.7 Å². The second kappa shape index (κ2) is 17.8. The molecule has 2 fully saturated rings. The number of ether oxygens (including phenoxy) is 4. The van der Waals surface area contributed by atoms with Crippen molar-refractivity contribution < 1.29 is 53.8 Å². The van der Waals surface area contributed by atoms with E-state index in [1.54, 1.807) is 32.9 Å². The maximum Gasteiger partial charge on any atom is 0.407 e. The molecule has 19 heteroatoms. The van der Waals surface area contributed by atoms with E-state index in [0.29, 0.717) is 5.69 Å². The van der Waals surface area contributed by atoms with Gasteiger partial charge in [-0.25, -0.2) is 9.59 Å². The molecule has 3 amide bonds. The van der Waals surface area contributed by atoms with E-state index in [9.17, 15) is 44.4 Å². The number of anilines is 1. The van der Waals surface area contributed by atoms with Gasteiger partial charge in [0.2, 0.25) is 5.91 Å². The van der Waals surface area contributed by atoms with Crippen LogP contribution in [0.5, 0.6) is 0 Å². The third-order valence-corrected chi connectivity index (χ3v) is 9.75. The fraction of sp³-hybridized carbons (Fsp3) is 0.595. The van der Waals surface area contributed by atoms with Gasteiger partial charge in [-0.3, -0.25) is 28.8 Å². The fourth-order valence-corrected chi connectivity index (χ4v) is 6.75. The molecule has 0 saturated carbocycles. The Balaban J connectivity index is 1.41. The van der Waals surface area contributed by atoms with Gasteiger partial charge in [0.1, 0.15) is 60.1 Å². The summed E-state index contributed by atoms with van der Waals surface area (Å²) in [6, 6.07) is 6.97. The number of benzene rings is 1. The topological polar surface area (TPSA) is 254 Å². The molecular weight excluding hydrogens is 736 g/mol. The first-order chi connectivity index (χ1) is 26.4. The number of hydrogen-bond acceptors (Lipinski definition) is 14. The summed E-state index contributed by atoms with van der Waals surface area (Å²) in [6.07, 6.45) is -9.97. The lowest BCUT2D eigenvalue weighted by Gasteiger charge is -2.38. The predicted octanol–water partition coefficient (Wildman–Crippen LogP) is -0.850. The van der Waals surface area contributed by atoms with Gasteiger partial charge in [-0.15, -0.1) is 0 Å². The van der Waals surface area contributed by atoms with Gasteiger partial charge in [-0.1, -0.05) is 25.5 Å². The number of carbonyl (C=O) groups excluding carboxylic acids is 3. The van der Waals surface area contributed by atoms with Crippen molar-refractivity contribution in [1.29, 1.82) is 0 Å². The highest BCUT2D eigenvalue weighted by atomic mass is 16.7. The number of aliphatic hydroxyl groups is 4. The van der Waals surface area contributed by atoms with Gasteiger partial charge in [0.25, 0.3) is 11.5 Å². The Morgan fingerprint density at radius 2 is 1.68 bits per heavy atom. The standard InChI is InChI=1S/C37H52N6O13/c1-7-8-9-19-10-12-20(13-11-19)39-31(49)21-14-16-41(5)24(32(50)42(21)6)29(30-26(46)27(47)33(54-30)43-17-15-23(44)40-35(43)51)55-34-28(48)25(45)22(53-34)18-38-36(52)56-37(2,3)4/h10-15,17,22,24-30,33-34,45-48H,7-9,16,18H2,1-6H3,(H,38,52)(H,39,49)(H,40,44,51)/t22-,24+,25-,26+,27-,28-,29+,30+,33-,34+/m1/s1. The number of aryl methyl sites for hydroxylation is 1. The minimum atomic E-state index is -1.83. The number of unbranched alkanes of at least 4 members (excludes halogenated alkanes) is 1. The van der Waals surface area contributed by atoms with Crippen molar-refractivity contribution in [2.24, 2.45) is 0 Å². The van der Waals surface area contributed by atoms with Gasteiger partial charge in [0.05, 0.1) is 0 Å². The summed E-state index contributed by atoms with van der Waals surface area (Å²) in [5.41, 5.74) is -0.878. The van der Waals surface area contributed by atoms with Crippen LogP contribution in [0.3, 0.4) is 0 Å². The van der Waals surface area contributed by atoms with Crippen molar-refractivity contribution in [3.63, 3.8) is 0 Å². The zero-order valence-corrected chi connectivity index (χ0v) is 32.2. The number of rotatable bonds is 12. The molecule has 0 radical (unpaired) electrons. The molecule has 2 saturated heterocycles. The van der Waals surface area contributed by atoms with Gasteiger partial charge in [-0.05, 0) is 64.4 Å². The predicted molar refractivity (Wildman–Crippen MR) is 198 cm³/mol. The second-order valence-corrected chi connectivity index (χ2v) is 15.1. The van der Waals surface area contributed by atoms with E-state index in [1.807, 2.05) is 12.1 Å². The van der Waals surface area contributed by atoms with Crippen LogP contribution in [-0.4, -0.2) is 146 Å². The van der Waals surface area contributed by atoms with Gasteiger partial charge >= 0.3 is 11.8 Å². The summed E-state index contributed by atoms with van der Waals surface area (Å²) in [4.78, 5) is 69.4. The Morgan fingerprint density at radius 3 is 2.32 bits per heavy atom. The van der Waals surface area contributed by atoms with Crippen LogP contribution < -0.4 is 21.9 Å². The Morgan fingerprint density at radius 1 is 0.982 bits per heavy atom. The summed E-state index contributed by atoms with van der Waals surface area (Å²) in [5, 5.41) is 49.8. The van der Waals surface area contributed by atoms with Gasteiger partial charge in [0, 0.05) is 38.1 Å². The van der Waals surface area contributed by atoms with Crippen LogP contribution in [0.15, 0.2) is 57.9 Å². The Labute approximate surface area is 322 Å². The molecule has 308 valence electrons. The number of amides is 3. The highest BCUT2D eigenvalue weighted by Crippen LogP contribution is 2.36. The van der Waals surface area contributed by atoms with E-state index in [1.165, 1.54) is 25.1 Å². The molecule has 1 aromatic carbocycles. The maximum absolute atomic E-state index is 14.4. The molecule has 0 aliphatic carbocycles. The molecule has 4 heterocycles. The summed E-state index contributed by atoms with van der Waals surface area (Å²) < 4.78 is 24.2. The molecule has 0 bridgehead atoms. The molecule has 0 spiro atoms. The van der Waals surface area contributed by atoms with E-state index in [0.717, 1.165) is 46.6 Å². The zero-order valence-electron chi connectivity index (χ0n) is 32.2. The Kier molecular flexibility index (Phi) is 13.5. The number of nitrogens with one attached hydrogen (secondary N) is 3. The third-order valence-electron chi connectivity index (χ3n) is 9.75. The van der Waals surface area contributed by atoms with Gasteiger partial charge < -0.3 is 54.9 Å². The third kappa shape index (κ3) is 9.72. The second-order valence-electron chi connectivity index (χ2n) is 15.1. The lowest BCUT2D eigenvalue weighted by Crippen LogP contribution is -2.59. The molecular formula is C37H52N6O13. The number of aromatic amines is 1. The number of aromatic nitrogens is 2. The maximum atomic E-state index is 14.4. The van der Waals surface area contributed by atoms with Crippen molar-refractivity contribution in [2.75, 3.05) is 32.5 Å². The molecule has 10 atom stereocenters. The molecule has 5 rings (SSSR count). The van der Waals surface area contributed by atoms with E-state index in [2.05, 4.69) is 22.5 Å². The fourth-order valence-electron chi connectivity index (χ4n) is 6.75. The number of aliphatic hydroxyl groups excluding tert-OH is 4. The number of hydrogen-bond donors (Lipinski definition) is 7. The average Bonchev–Trinajstić information content (AvgIpc) is 3.53. The van der Waals surface area contributed by atoms with E-state index in [4.69, 9.17) is 18.9 Å². The molecule has 1 aromatic heterocycles. The minimum absolute atomic E-state index is 0.00962. The lowest BCUT2D eigenvalue weighted by molar-refractivity contribution is -0.233. The SMILES string of the molecule is CCCCc1ccc(NC(=O)C2=CCN(C)[C@@H]([C@H](O[C@@H]3O[C@H](CNC(=O)OC(C)(C)C)[C@@H](O)[C@H]3O)[C@H]3O[C@@H](n4ccc(=O)[nH]c4=O)[C@H](O)[C@@H]3O)C(=O)N2C)cc1. The summed E-state index contributed by atoms with van der Waals surface area (Å²) in [6.45, 7) is 6.76. The highest BCUT2D eigenvalue weighted by molar-refractivity contribution is 6.06. The first kappa shape index (κ1) is 42.7. The van der Waals surface area contributed by atoms with Crippen LogP contribution in [0.2, 0.25) is 0 Å². The van der Waals surface area contributed by atoms with Crippen LogP contribution >= 0.6 is 0 Å². The first-order valence-corrected chi connectivity index (χ1v) is 18.5. The quantitative estimate of drug-likeness (QED) is 0.138. The van der Waals surface area contributed by atoms with Gasteiger partial charge in [0.15, 0.2) is 12.5 Å². The summed E-state index contributed by atoms with van der Waals surface area (Å²) >= 11 is 0. The molecule has 3 aliphatic rings. The number of carbonyl (C=O) groups is 3. The van der Waals surface area contributed by atoms with Gasteiger partial charge in [-0.2, -0.15) is 0 Å². The zero-order chi connectivity index (χ0) is 41.1. The normalized spacial score (nSPS) is 29.1. The van der Waals surface area contributed by atoms with Crippen LogP contribution in [0, 0.1) is 0 Å². The van der Waals surface area contributed by atoms with Crippen molar-refractivity contribution in [2.45, 2.75) is 114 Å². The monoisotopic (exact) mass is 788 g/mol. The van der Waals surface area contributed by atoms with Crippen LogP contribution in [-0.2, 0) is 35.0 Å². The molecule has 3 aliphatic heterocycles. The largest absolute Gasteiger partial charge is 0.444 e. The van der Waals surface area contributed by atoms with Crippen molar-refractivity contribution in [3.8, 4) is 0 Å². The van der Waals surface area contributed by atoms with Crippen LogP contribution in [0.25, 0.3) is 0 Å². The summed E-state index contributed by atoms with van der Waals surface area (Å²) in [5.74, 6) is -1.31. The number of likely N-dealkylation sites (N-methyl/N-ethyl adjacent to an activating group) is 2. The molecule has 7 N–H and O–H groups in total. The Hall–Kier alpha value is -4.47. The van der Waals surface area contributed by atoms with Crippen LogP contribution in [0.1, 0.15) is 52.3 Å². The van der Waals surface area contributed by atoms with E-state index >= 15 is 0 Å². The molecule has 0 unspecified atom stereocenters. The smallest absolute Gasteiger partial charge is 0.407 e. The highest BCUT2D eigenvalue weighted by Gasteiger charge is 2.55. The van der Waals surface area contributed by atoms with Crippen molar-refractivity contribution >= 4 is 23.6 Å². The van der Waals surface area contributed by atoms with Crippen LogP contribution in [0.4, 0.5) is 10.5 Å². The molecule has 56 heavy (non-hydrogen) atoms. The first-order valence-electron chi connectivity index (χ1n) is 18.5.